The number of unbranched alkanes of at least 4 members (excludes halogenated alkanes) is 1. The number of rotatable bonds is 11. The molecule has 1 aliphatic heterocycles. The van der Waals surface area contributed by atoms with Crippen LogP contribution in [-0.2, 0) is 20.6 Å². The normalized spacial score (nSPS) is 19.2. The SMILES string of the molecule is C[C@@H]1CN(C(c2ccccc2)c2ccccc2)[C@H](CCCCO[Si](C)(C)C(C)(C)C)CN1S(=O)(=O)c1ccc(C(F)(F)F)cc1. The average Bonchev–Trinajstić information content (AvgIpc) is 2.98. The molecule has 0 radical (unpaired) electrons. The van der Waals surface area contributed by atoms with Crippen molar-refractivity contribution in [3.63, 3.8) is 0 Å². The highest BCUT2D eigenvalue weighted by molar-refractivity contribution is 7.89. The lowest BCUT2D eigenvalue weighted by atomic mass is 9.92. The number of halogens is 3. The van der Waals surface area contributed by atoms with E-state index in [1.54, 1.807) is 0 Å². The molecule has 1 heterocycles. The maximum Gasteiger partial charge on any atom is 0.416 e. The monoisotopic (exact) mass is 660 g/mol. The molecule has 45 heavy (non-hydrogen) atoms. The fraction of sp³-hybridized carbons (Fsp3) is 0.486. The van der Waals surface area contributed by atoms with Gasteiger partial charge in [-0.25, -0.2) is 8.42 Å². The molecule has 246 valence electrons. The van der Waals surface area contributed by atoms with Crippen molar-refractivity contribution in [3.8, 4) is 0 Å². The predicted octanol–water partition coefficient (Wildman–Crippen LogP) is 8.75. The third-order valence-corrected chi connectivity index (χ3v) is 15.9. The summed E-state index contributed by atoms with van der Waals surface area (Å²) in [6, 6.07) is 23.7. The van der Waals surface area contributed by atoms with E-state index in [-0.39, 0.29) is 28.6 Å². The summed E-state index contributed by atoms with van der Waals surface area (Å²) >= 11 is 0. The van der Waals surface area contributed by atoms with Crippen LogP contribution in [0.5, 0.6) is 0 Å². The van der Waals surface area contributed by atoms with Crippen molar-refractivity contribution in [2.75, 3.05) is 19.7 Å². The van der Waals surface area contributed by atoms with Crippen molar-refractivity contribution in [2.45, 2.75) is 94.3 Å². The molecule has 4 rings (SSSR count). The van der Waals surface area contributed by atoms with Gasteiger partial charge in [0.25, 0.3) is 0 Å². The molecule has 0 amide bonds. The molecule has 3 aromatic rings. The molecule has 5 nitrogen and oxygen atoms in total. The Balaban J connectivity index is 1.63. The van der Waals surface area contributed by atoms with Crippen LogP contribution < -0.4 is 0 Å². The molecule has 0 aliphatic carbocycles. The van der Waals surface area contributed by atoms with Crippen molar-refractivity contribution in [1.29, 1.82) is 0 Å². The summed E-state index contributed by atoms with van der Waals surface area (Å²) in [7, 11) is -5.92. The third kappa shape index (κ3) is 8.46. The van der Waals surface area contributed by atoms with Gasteiger partial charge in [0.2, 0.25) is 10.0 Å². The Hall–Kier alpha value is -2.50. The summed E-state index contributed by atoms with van der Waals surface area (Å²) in [5, 5.41) is 0.120. The fourth-order valence-electron chi connectivity index (χ4n) is 5.77. The van der Waals surface area contributed by atoms with Gasteiger partial charge in [0.1, 0.15) is 0 Å². The van der Waals surface area contributed by atoms with Crippen molar-refractivity contribution in [2.24, 2.45) is 0 Å². The minimum atomic E-state index is -4.54. The zero-order valence-electron chi connectivity index (χ0n) is 27.2. The van der Waals surface area contributed by atoms with E-state index in [0.29, 0.717) is 13.2 Å². The van der Waals surface area contributed by atoms with Crippen LogP contribution in [0.1, 0.15) is 69.7 Å². The van der Waals surface area contributed by atoms with E-state index in [2.05, 4.69) is 63.0 Å². The summed E-state index contributed by atoms with van der Waals surface area (Å²) in [5.74, 6) is 0. The molecule has 0 aromatic heterocycles. The summed E-state index contributed by atoms with van der Waals surface area (Å²) < 4.78 is 75.3. The van der Waals surface area contributed by atoms with Gasteiger partial charge in [0, 0.05) is 31.8 Å². The topological polar surface area (TPSA) is 49.9 Å². The third-order valence-electron chi connectivity index (χ3n) is 9.38. The Kier molecular flexibility index (Phi) is 11.1. The Labute approximate surface area is 268 Å². The molecule has 3 aromatic carbocycles. The van der Waals surface area contributed by atoms with E-state index in [1.807, 2.05) is 43.3 Å². The number of nitrogens with zero attached hydrogens (tertiary/aromatic N) is 2. The first-order valence-corrected chi connectivity index (χ1v) is 20.1. The van der Waals surface area contributed by atoms with Crippen LogP contribution in [0.3, 0.4) is 0 Å². The van der Waals surface area contributed by atoms with Crippen LogP contribution >= 0.6 is 0 Å². The lowest BCUT2D eigenvalue weighted by Crippen LogP contribution is -2.59. The first-order valence-electron chi connectivity index (χ1n) is 15.7. The molecule has 0 N–H and O–H groups in total. The molecular formula is C35H47F3N2O3SSi. The second-order valence-corrected chi connectivity index (χ2v) is 20.3. The van der Waals surface area contributed by atoms with E-state index in [1.165, 1.54) is 4.31 Å². The van der Waals surface area contributed by atoms with Crippen LogP contribution in [-0.4, -0.2) is 57.7 Å². The molecule has 10 heteroatoms. The van der Waals surface area contributed by atoms with Crippen molar-refractivity contribution in [1.82, 2.24) is 9.21 Å². The average molecular weight is 661 g/mol. The smallest absolute Gasteiger partial charge is 0.416 e. The van der Waals surface area contributed by atoms with E-state index in [9.17, 15) is 21.6 Å². The molecule has 0 bridgehead atoms. The zero-order chi connectivity index (χ0) is 33.0. The molecule has 2 atom stereocenters. The summed E-state index contributed by atoms with van der Waals surface area (Å²) in [4.78, 5) is 2.29. The van der Waals surface area contributed by atoms with E-state index in [0.717, 1.165) is 54.7 Å². The molecule has 0 saturated carbocycles. The maximum absolute atomic E-state index is 13.9. The highest BCUT2D eigenvalue weighted by Crippen LogP contribution is 2.38. The van der Waals surface area contributed by atoms with Crippen LogP contribution in [0.2, 0.25) is 18.1 Å². The van der Waals surface area contributed by atoms with Gasteiger partial charge in [-0.2, -0.15) is 17.5 Å². The lowest BCUT2D eigenvalue weighted by molar-refractivity contribution is -0.137. The molecule has 1 saturated heterocycles. The quantitative estimate of drug-likeness (QED) is 0.153. The number of benzene rings is 3. The fourth-order valence-corrected chi connectivity index (χ4v) is 8.52. The maximum atomic E-state index is 13.9. The molecule has 0 unspecified atom stereocenters. The van der Waals surface area contributed by atoms with E-state index >= 15 is 0 Å². The number of sulfonamides is 1. The summed E-state index contributed by atoms with van der Waals surface area (Å²) in [6.45, 7) is 14.4. The van der Waals surface area contributed by atoms with Gasteiger partial charge in [-0.15, -0.1) is 0 Å². The standard InChI is InChI=1S/C35H47F3N2O3SSi/c1-27-25-39(33(28-15-9-7-10-16-28)29-17-11-8-12-18-29)31(19-13-14-24-43-45(5,6)34(2,3)4)26-40(27)44(41,42)32-22-20-30(21-23-32)35(36,37)38/h7-12,15-18,20-23,27,31,33H,13-14,19,24-26H2,1-6H3/t27-,31-/m1/s1. The Morgan fingerprint density at radius 1 is 0.844 bits per heavy atom. The van der Waals surface area contributed by atoms with Gasteiger partial charge in [-0.1, -0.05) is 81.4 Å². The van der Waals surface area contributed by atoms with Gasteiger partial charge in [-0.05, 0) is 79.7 Å². The molecule has 0 spiro atoms. The number of hydrogen-bond acceptors (Lipinski definition) is 4. The van der Waals surface area contributed by atoms with Crippen LogP contribution in [0.25, 0.3) is 0 Å². The largest absolute Gasteiger partial charge is 0.417 e. The second-order valence-electron chi connectivity index (χ2n) is 13.6. The van der Waals surface area contributed by atoms with Gasteiger partial charge >= 0.3 is 6.18 Å². The first-order chi connectivity index (χ1) is 21.0. The van der Waals surface area contributed by atoms with Crippen LogP contribution in [0, 0.1) is 0 Å². The van der Waals surface area contributed by atoms with Crippen molar-refractivity contribution < 1.29 is 26.0 Å². The number of hydrogen-bond donors (Lipinski definition) is 0. The number of alkyl halides is 3. The highest BCUT2D eigenvalue weighted by Gasteiger charge is 2.42. The first kappa shape index (κ1) is 35.4. The van der Waals surface area contributed by atoms with E-state index in [4.69, 9.17) is 4.43 Å². The summed E-state index contributed by atoms with van der Waals surface area (Å²) in [6.07, 6.45) is -2.07. The minimum Gasteiger partial charge on any atom is -0.417 e. The lowest BCUT2D eigenvalue weighted by Gasteiger charge is -2.48. The highest BCUT2D eigenvalue weighted by atomic mass is 32.2. The van der Waals surface area contributed by atoms with Gasteiger partial charge in [0.05, 0.1) is 16.5 Å². The Bertz CT molecular complexity index is 1440. The van der Waals surface area contributed by atoms with Crippen LogP contribution in [0.15, 0.2) is 89.8 Å². The van der Waals surface area contributed by atoms with Crippen molar-refractivity contribution >= 4 is 18.3 Å². The van der Waals surface area contributed by atoms with Gasteiger partial charge < -0.3 is 4.43 Å². The van der Waals surface area contributed by atoms with Crippen molar-refractivity contribution in [3.05, 3.63) is 102 Å². The second kappa shape index (κ2) is 14.1. The van der Waals surface area contributed by atoms with E-state index < -0.39 is 36.1 Å². The zero-order valence-corrected chi connectivity index (χ0v) is 29.0. The number of piperazine rings is 1. The Morgan fingerprint density at radius 3 is 1.87 bits per heavy atom. The van der Waals surface area contributed by atoms with Gasteiger partial charge in [0.15, 0.2) is 8.32 Å². The molecule has 1 fully saturated rings. The van der Waals surface area contributed by atoms with Crippen LogP contribution in [0.4, 0.5) is 13.2 Å². The summed E-state index contributed by atoms with van der Waals surface area (Å²) in [5.41, 5.74) is 1.38. The predicted molar refractivity (Wildman–Crippen MR) is 177 cm³/mol. The molecule has 1 aliphatic rings. The molecular weight excluding hydrogens is 614 g/mol. The van der Waals surface area contributed by atoms with Gasteiger partial charge in [-0.3, -0.25) is 4.90 Å². The minimum absolute atomic E-state index is 0.0840. The Morgan fingerprint density at radius 2 is 1.38 bits per heavy atom.